The minimum atomic E-state index is -2.88. The van der Waals surface area contributed by atoms with Crippen molar-refractivity contribution < 1.29 is 31.6 Å². The van der Waals surface area contributed by atoms with Gasteiger partial charge in [0.15, 0.2) is 13.7 Å². The summed E-state index contributed by atoms with van der Waals surface area (Å²) >= 11 is 0. The lowest BCUT2D eigenvalue weighted by atomic mass is 9.76. The smallest absolute Gasteiger partial charge is 0.261 e. The van der Waals surface area contributed by atoms with E-state index in [1.54, 1.807) is 13.2 Å². The van der Waals surface area contributed by atoms with Gasteiger partial charge in [-0.15, -0.1) is 0 Å². The second-order valence-electron chi connectivity index (χ2n) is 25.8. The summed E-state index contributed by atoms with van der Waals surface area (Å²) in [6.07, 6.45) is 2.95. The normalized spacial score (nSPS) is 15.1. The SMILES string of the molecule is CC[Si](CC)(CC)O[C@H](Cc1cc(=O)cco1)C(C)(C)[C@H](C[C@@H](C[C@H](CCO[Si](c1ccccc1)(c1ccccc1)C(C)(C)C)O[Si](C(C)C)(C(C)C)C(C)C)O[Si](C(C)C)(C(C)C)C(C)C)OCc1ccc(OC)cc1. The van der Waals surface area contributed by atoms with Crippen LogP contribution in [0.2, 0.25) is 56.4 Å². The van der Waals surface area contributed by atoms with Gasteiger partial charge in [0.05, 0.1) is 32.2 Å². The van der Waals surface area contributed by atoms with E-state index in [0.717, 1.165) is 35.9 Å². The van der Waals surface area contributed by atoms with Gasteiger partial charge >= 0.3 is 0 Å². The van der Waals surface area contributed by atoms with Crippen molar-refractivity contribution in [2.45, 2.75) is 252 Å². The molecular formula is C65H108O8Si4. The maximum atomic E-state index is 13.0. The van der Waals surface area contributed by atoms with Gasteiger partial charge in [-0.05, 0) is 104 Å². The van der Waals surface area contributed by atoms with Crippen LogP contribution in [0.1, 0.15) is 169 Å². The average Bonchev–Trinajstić information content (AvgIpc) is 3.38. The van der Waals surface area contributed by atoms with Crippen molar-refractivity contribution in [3.63, 3.8) is 0 Å². The Hall–Kier alpha value is -2.92. The highest BCUT2D eigenvalue weighted by Crippen LogP contribution is 2.48. The third-order valence-electron chi connectivity index (χ3n) is 18.1. The largest absolute Gasteiger partial charge is 0.497 e. The quantitative estimate of drug-likeness (QED) is 0.0436. The van der Waals surface area contributed by atoms with Crippen LogP contribution >= 0.6 is 0 Å². The molecule has 0 saturated carbocycles. The second-order valence-corrected chi connectivity index (χ2v) is 45.7. The molecule has 0 radical (unpaired) electrons. The molecule has 0 saturated heterocycles. The number of hydrogen-bond donors (Lipinski definition) is 0. The summed E-state index contributed by atoms with van der Waals surface area (Å²) in [5, 5.41) is 2.39. The van der Waals surface area contributed by atoms with E-state index in [1.807, 2.05) is 12.1 Å². The van der Waals surface area contributed by atoms with Crippen molar-refractivity contribution in [1.82, 2.24) is 0 Å². The Kier molecular flexibility index (Phi) is 25.2. The lowest BCUT2D eigenvalue weighted by Crippen LogP contribution is -2.66. The summed E-state index contributed by atoms with van der Waals surface area (Å²) in [7, 11) is -8.43. The standard InChI is InChI=1S/C65H108O8Si4/c1-22-74(23-2,24-3)73-63(45-58-43-55(66)39-41-68-58)65(19,20)62(69-47-54-35-37-56(67-21)38-36-54)46-59(72-76(51(10)11,52(12)13)53(14)15)44-57(71-75(48(4)5,49(6)7)50(8)9)40-42-70-77(64(16,17)18,60-31-27-25-28-32-60)61-33-29-26-30-34-61/h25-39,41,43,48-53,57,59,62-63H,22-24,40,42,44-47H2,1-21H3/t57-,59+,62-,63+/m0/s1. The summed E-state index contributed by atoms with van der Waals surface area (Å²) in [5.41, 5.74) is 2.61. The Labute approximate surface area is 474 Å². The van der Waals surface area contributed by atoms with Crippen LogP contribution < -0.4 is 20.5 Å². The highest BCUT2D eigenvalue weighted by molar-refractivity contribution is 6.99. The summed E-state index contributed by atoms with van der Waals surface area (Å²) in [6, 6.07) is 36.3. The van der Waals surface area contributed by atoms with Gasteiger partial charge < -0.3 is 31.6 Å². The van der Waals surface area contributed by atoms with Crippen LogP contribution in [0.25, 0.3) is 0 Å². The van der Waals surface area contributed by atoms with Crippen molar-refractivity contribution >= 4 is 43.6 Å². The fourth-order valence-corrected chi connectivity index (χ4v) is 32.4. The molecule has 3 aromatic carbocycles. The molecule has 4 aromatic rings. The molecule has 0 spiro atoms. The van der Waals surface area contributed by atoms with E-state index < -0.39 is 38.7 Å². The number of hydrogen-bond acceptors (Lipinski definition) is 8. The van der Waals surface area contributed by atoms with E-state index in [2.05, 4.69) is 211 Å². The topological polar surface area (TPSA) is 85.6 Å². The first-order valence-corrected chi connectivity index (χ1v) is 38.5. The molecule has 0 aliphatic carbocycles. The van der Waals surface area contributed by atoms with E-state index in [4.69, 9.17) is 31.6 Å². The molecule has 4 atom stereocenters. The molecule has 4 rings (SSSR count). The van der Waals surface area contributed by atoms with Crippen molar-refractivity contribution in [3.05, 3.63) is 125 Å². The molecule has 12 heteroatoms. The zero-order valence-corrected chi connectivity index (χ0v) is 56.2. The van der Waals surface area contributed by atoms with Gasteiger partial charge in [0.1, 0.15) is 11.5 Å². The van der Waals surface area contributed by atoms with Crippen LogP contribution in [0.5, 0.6) is 5.75 Å². The Morgan fingerprint density at radius 1 is 0.558 bits per heavy atom. The third-order valence-corrected chi connectivity index (χ3v) is 40.1. The average molecular weight is 1130 g/mol. The highest BCUT2D eigenvalue weighted by atomic mass is 28.4. The summed E-state index contributed by atoms with van der Waals surface area (Å²) in [4.78, 5) is 13.0. The number of rotatable bonds is 33. The molecule has 1 heterocycles. The molecule has 0 N–H and O–H groups in total. The third kappa shape index (κ3) is 16.0. The van der Waals surface area contributed by atoms with Crippen molar-refractivity contribution in [1.29, 1.82) is 0 Å². The molecule has 432 valence electrons. The lowest BCUT2D eigenvalue weighted by molar-refractivity contribution is -0.106. The molecule has 8 nitrogen and oxygen atoms in total. The molecule has 0 unspecified atom stereocenters. The summed E-state index contributed by atoms with van der Waals surface area (Å²) < 4.78 is 51.0. The molecule has 0 amide bonds. The predicted octanol–water partition coefficient (Wildman–Crippen LogP) is 17.1. The first kappa shape index (κ1) is 66.6. The fraction of sp³-hybridized carbons (Fsp3) is 0.646. The minimum absolute atomic E-state index is 0.0697. The van der Waals surface area contributed by atoms with E-state index in [9.17, 15) is 4.79 Å². The lowest BCUT2D eigenvalue weighted by Gasteiger charge is -2.49. The van der Waals surface area contributed by atoms with Crippen molar-refractivity contribution in [2.75, 3.05) is 13.7 Å². The van der Waals surface area contributed by atoms with E-state index in [0.29, 0.717) is 71.5 Å². The molecule has 0 bridgehead atoms. The van der Waals surface area contributed by atoms with E-state index >= 15 is 0 Å². The van der Waals surface area contributed by atoms with Crippen LogP contribution in [-0.4, -0.2) is 71.4 Å². The van der Waals surface area contributed by atoms with Gasteiger partial charge in [-0.2, -0.15) is 0 Å². The maximum Gasteiger partial charge on any atom is 0.261 e. The van der Waals surface area contributed by atoms with Crippen LogP contribution in [0.4, 0.5) is 0 Å². The first-order valence-electron chi connectivity index (χ1n) is 29.8. The van der Waals surface area contributed by atoms with Crippen molar-refractivity contribution in [2.24, 2.45) is 5.41 Å². The van der Waals surface area contributed by atoms with Crippen LogP contribution in [-0.2, 0) is 35.5 Å². The van der Waals surface area contributed by atoms with Crippen LogP contribution in [0.15, 0.2) is 113 Å². The molecular weight excluding hydrogens is 1020 g/mol. The predicted molar refractivity (Wildman–Crippen MR) is 335 cm³/mol. The Morgan fingerprint density at radius 3 is 1.44 bits per heavy atom. The highest BCUT2D eigenvalue weighted by Gasteiger charge is 2.53. The molecule has 0 aliphatic rings. The van der Waals surface area contributed by atoms with Crippen molar-refractivity contribution in [3.8, 4) is 5.75 Å². The monoisotopic (exact) mass is 1130 g/mol. The second kappa shape index (κ2) is 29.2. The van der Waals surface area contributed by atoms with Gasteiger partial charge in [0.2, 0.25) is 16.6 Å². The Balaban J connectivity index is 2.02. The summed E-state index contributed by atoms with van der Waals surface area (Å²) in [6.45, 7) is 48.3. The molecule has 1 aromatic heterocycles. The number of benzene rings is 3. The minimum Gasteiger partial charge on any atom is -0.497 e. The fourth-order valence-electron chi connectivity index (χ4n) is 13.6. The van der Waals surface area contributed by atoms with E-state index in [1.165, 1.54) is 22.7 Å². The molecule has 0 fully saturated rings. The zero-order chi connectivity index (χ0) is 57.6. The van der Waals surface area contributed by atoms with Gasteiger partial charge in [-0.3, -0.25) is 4.79 Å². The maximum absolute atomic E-state index is 13.0. The molecule has 0 aliphatic heterocycles. The zero-order valence-electron chi connectivity index (χ0n) is 52.2. The van der Waals surface area contributed by atoms with Gasteiger partial charge in [0.25, 0.3) is 8.32 Å². The van der Waals surface area contributed by atoms with E-state index in [-0.39, 0.29) is 34.9 Å². The van der Waals surface area contributed by atoms with Gasteiger partial charge in [0, 0.05) is 42.8 Å². The van der Waals surface area contributed by atoms with Gasteiger partial charge in [-0.25, -0.2) is 0 Å². The number of methoxy groups -OCH3 is 1. The number of ether oxygens (including phenoxy) is 2. The van der Waals surface area contributed by atoms with Gasteiger partial charge in [-0.1, -0.05) is 211 Å². The Bertz CT molecular complexity index is 2260. The first-order chi connectivity index (χ1) is 36.2. The van der Waals surface area contributed by atoms with Crippen LogP contribution in [0, 0.1) is 5.41 Å². The van der Waals surface area contributed by atoms with Crippen LogP contribution in [0.3, 0.4) is 0 Å². The summed E-state index contributed by atoms with van der Waals surface area (Å²) in [5.74, 6) is 1.43. The molecule has 77 heavy (non-hydrogen) atoms. The Morgan fingerprint density at radius 2 is 1.03 bits per heavy atom.